The Labute approximate surface area is 153 Å². The molecule has 0 aliphatic carbocycles. The topological polar surface area (TPSA) is 97.6 Å². The van der Waals surface area contributed by atoms with E-state index in [4.69, 9.17) is 4.84 Å². The Balaban J connectivity index is 1.69. The van der Waals surface area contributed by atoms with Gasteiger partial charge >= 0.3 is 5.97 Å². The third-order valence-corrected chi connectivity index (χ3v) is 4.37. The Morgan fingerprint density at radius 2 is 1.70 bits per heavy atom. The molecule has 0 radical (unpaired) electrons. The van der Waals surface area contributed by atoms with Crippen LogP contribution >= 0.6 is 0 Å². The monoisotopic (exact) mass is 365 g/mol. The second-order valence-corrected chi connectivity index (χ2v) is 6.25. The van der Waals surface area contributed by atoms with Crippen molar-refractivity contribution in [3.8, 4) is 0 Å². The lowest BCUT2D eigenvalue weighted by molar-refractivity contribution is -0.0590. The van der Waals surface area contributed by atoms with Crippen LogP contribution in [0, 0.1) is 0 Å². The summed E-state index contributed by atoms with van der Waals surface area (Å²) in [5, 5.41) is 1.14. The highest BCUT2D eigenvalue weighted by atomic mass is 16.7. The van der Waals surface area contributed by atoms with Gasteiger partial charge in [-0.2, -0.15) is 0 Å². The van der Waals surface area contributed by atoms with Gasteiger partial charge < -0.3 is 14.3 Å². The maximum absolute atomic E-state index is 12.7. The average molecular weight is 365 g/mol. The lowest BCUT2D eigenvalue weighted by Crippen LogP contribution is -2.33. The van der Waals surface area contributed by atoms with Crippen LogP contribution in [0.5, 0.6) is 0 Å². The number of hydrogen-bond acceptors (Lipinski definition) is 7. The second kappa shape index (κ2) is 5.90. The van der Waals surface area contributed by atoms with Gasteiger partial charge in [0.15, 0.2) is 0 Å². The first-order chi connectivity index (χ1) is 12.9. The Morgan fingerprint density at radius 1 is 1.07 bits per heavy atom. The molecule has 3 heterocycles. The summed E-state index contributed by atoms with van der Waals surface area (Å²) in [5.41, 5.74) is 1.08. The minimum atomic E-state index is -0.838. The fourth-order valence-electron chi connectivity index (χ4n) is 3.05. The van der Waals surface area contributed by atoms with E-state index in [0.717, 1.165) is 0 Å². The van der Waals surface area contributed by atoms with Gasteiger partial charge in [-0.05, 0) is 18.2 Å². The highest BCUT2D eigenvalue weighted by Gasteiger charge is 2.39. The number of benzene rings is 1. The van der Waals surface area contributed by atoms with Gasteiger partial charge in [0.2, 0.25) is 0 Å². The van der Waals surface area contributed by atoms with E-state index in [9.17, 15) is 14.4 Å². The van der Waals surface area contributed by atoms with Crippen LogP contribution in [0.2, 0.25) is 0 Å². The number of aryl methyl sites for hydroxylation is 1. The summed E-state index contributed by atoms with van der Waals surface area (Å²) in [5.74, 6) is -1.54. The first-order valence-corrected chi connectivity index (χ1v) is 8.08. The van der Waals surface area contributed by atoms with Crippen molar-refractivity contribution in [3.05, 3.63) is 53.5 Å². The number of imide groups is 1. The molecule has 0 fully saturated rings. The first kappa shape index (κ1) is 16.7. The molecule has 1 aliphatic rings. The highest BCUT2D eigenvalue weighted by molar-refractivity contribution is 6.21. The molecule has 27 heavy (non-hydrogen) atoms. The first-order valence-electron chi connectivity index (χ1n) is 8.08. The van der Waals surface area contributed by atoms with Crippen molar-refractivity contribution in [1.82, 2.24) is 19.6 Å². The van der Waals surface area contributed by atoms with Gasteiger partial charge in [0.1, 0.15) is 23.5 Å². The zero-order valence-electron chi connectivity index (χ0n) is 14.8. The minimum Gasteiger partial charge on any atom is -0.362 e. The summed E-state index contributed by atoms with van der Waals surface area (Å²) >= 11 is 0. The van der Waals surface area contributed by atoms with Crippen LogP contribution in [0.25, 0.3) is 11.0 Å². The minimum absolute atomic E-state index is 0.144. The van der Waals surface area contributed by atoms with E-state index in [-0.39, 0.29) is 16.8 Å². The summed E-state index contributed by atoms with van der Waals surface area (Å²) in [4.78, 5) is 52.7. The molecule has 1 aliphatic heterocycles. The van der Waals surface area contributed by atoms with E-state index >= 15 is 0 Å². The third kappa shape index (κ3) is 2.43. The molecule has 1 aromatic carbocycles. The molecule has 2 amide bonds. The standard InChI is InChI=1S/C18H15N5O4/c1-21(2)14-12-8-13(22(3)15(12)20-9-19-14)18(26)27-23-16(24)10-6-4-5-7-11(10)17(23)25/h4-9H,1-3H3. The number of anilines is 1. The van der Waals surface area contributed by atoms with Gasteiger partial charge in [0, 0.05) is 21.1 Å². The molecule has 0 unspecified atom stereocenters. The van der Waals surface area contributed by atoms with Crippen molar-refractivity contribution in [1.29, 1.82) is 0 Å². The van der Waals surface area contributed by atoms with Crippen LogP contribution in [0.15, 0.2) is 36.7 Å². The van der Waals surface area contributed by atoms with Gasteiger partial charge in [0.25, 0.3) is 11.8 Å². The molecular weight excluding hydrogens is 350 g/mol. The predicted molar refractivity (Wildman–Crippen MR) is 95.2 cm³/mol. The normalized spacial score (nSPS) is 13.2. The SMILES string of the molecule is CN(C)c1ncnc2c1cc(C(=O)ON1C(=O)c3ccccc3C1=O)n2C. The number of carbonyl (C=O) groups is 3. The molecule has 0 spiro atoms. The maximum Gasteiger partial charge on any atom is 0.380 e. The van der Waals surface area contributed by atoms with Crippen molar-refractivity contribution in [2.45, 2.75) is 0 Å². The average Bonchev–Trinajstić information content (AvgIpc) is 3.12. The van der Waals surface area contributed by atoms with Crippen LogP contribution in [0.1, 0.15) is 31.2 Å². The summed E-state index contributed by atoms with van der Waals surface area (Å²) < 4.78 is 1.53. The molecule has 0 saturated heterocycles. The molecule has 0 saturated carbocycles. The number of hydrogen-bond donors (Lipinski definition) is 0. The Morgan fingerprint density at radius 3 is 2.30 bits per heavy atom. The van der Waals surface area contributed by atoms with E-state index in [1.807, 2.05) is 14.1 Å². The van der Waals surface area contributed by atoms with Crippen molar-refractivity contribution >= 4 is 34.6 Å². The number of aromatic nitrogens is 3. The van der Waals surface area contributed by atoms with E-state index in [2.05, 4.69) is 9.97 Å². The zero-order chi connectivity index (χ0) is 19.3. The van der Waals surface area contributed by atoms with Crippen LogP contribution in [0.4, 0.5) is 5.82 Å². The number of rotatable bonds is 3. The maximum atomic E-state index is 12.7. The van der Waals surface area contributed by atoms with Crippen LogP contribution in [-0.2, 0) is 11.9 Å². The lowest BCUT2D eigenvalue weighted by Gasteiger charge is -2.12. The summed E-state index contributed by atoms with van der Waals surface area (Å²) in [7, 11) is 5.30. The Kier molecular flexibility index (Phi) is 3.65. The van der Waals surface area contributed by atoms with Gasteiger partial charge in [-0.1, -0.05) is 17.2 Å². The van der Waals surface area contributed by atoms with E-state index in [1.54, 1.807) is 30.1 Å². The zero-order valence-corrected chi connectivity index (χ0v) is 14.8. The fraction of sp³-hybridized carbons (Fsp3) is 0.167. The van der Waals surface area contributed by atoms with Crippen molar-refractivity contribution < 1.29 is 19.2 Å². The van der Waals surface area contributed by atoms with Gasteiger partial charge in [-0.15, -0.1) is 0 Å². The third-order valence-electron chi connectivity index (χ3n) is 4.37. The van der Waals surface area contributed by atoms with Crippen LogP contribution in [-0.4, -0.2) is 51.5 Å². The van der Waals surface area contributed by atoms with Gasteiger partial charge in [-0.3, -0.25) is 9.59 Å². The Bertz CT molecular complexity index is 1080. The molecule has 0 bridgehead atoms. The number of fused-ring (bicyclic) bond motifs is 2. The summed E-state index contributed by atoms with van der Waals surface area (Å²) in [6, 6.07) is 7.88. The molecular formula is C18H15N5O4. The molecule has 0 atom stereocenters. The van der Waals surface area contributed by atoms with Crippen molar-refractivity contribution in [3.63, 3.8) is 0 Å². The number of hydroxylamine groups is 2. The summed E-state index contributed by atoms with van der Waals surface area (Å²) in [6.45, 7) is 0. The highest BCUT2D eigenvalue weighted by Crippen LogP contribution is 2.27. The molecule has 2 aromatic heterocycles. The molecule has 9 nitrogen and oxygen atoms in total. The molecule has 4 rings (SSSR count). The van der Waals surface area contributed by atoms with Crippen LogP contribution in [0.3, 0.4) is 0 Å². The van der Waals surface area contributed by atoms with E-state index in [0.29, 0.717) is 21.9 Å². The number of amides is 2. The van der Waals surface area contributed by atoms with E-state index in [1.165, 1.54) is 23.0 Å². The van der Waals surface area contributed by atoms with Crippen molar-refractivity contribution in [2.75, 3.05) is 19.0 Å². The Hall–Kier alpha value is -3.75. The number of carbonyl (C=O) groups excluding carboxylic acids is 3. The fourth-order valence-corrected chi connectivity index (χ4v) is 3.05. The molecule has 3 aromatic rings. The summed E-state index contributed by atoms with van der Waals surface area (Å²) in [6.07, 6.45) is 1.40. The smallest absolute Gasteiger partial charge is 0.362 e. The van der Waals surface area contributed by atoms with Crippen LogP contribution < -0.4 is 4.90 Å². The van der Waals surface area contributed by atoms with Gasteiger partial charge in [-0.25, -0.2) is 14.8 Å². The van der Waals surface area contributed by atoms with Crippen molar-refractivity contribution in [2.24, 2.45) is 7.05 Å². The molecule has 9 heteroatoms. The second-order valence-electron chi connectivity index (χ2n) is 6.25. The quantitative estimate of drug-likeness (QED) is 0.647. The van der Waals surface area contributed by atoms with Gasteiger partial charge in [0.05, 0.1) is 16.5 Å². The van der Waals surface area contributed by atoms with E-state index < -0.39 is 17.8 Å². The molecule has 136 valence electrons. The largest absolute Gasteiger partial charge is 0.380 e. The predicted octanol–water partition coefficient (Wildman–Crippen LogP) is 1.40. The molecule has 0 N–H and O–H groups in total. The number of nitrogens with zero attached hydrogens (tertiary/aromatic N) is 5. The lowest BCUT2D eigenvalue weighted by atomic mass is 10.1.